The van der Waals surface area contributed by atoms with Gasteiger partial charge in [-0.15, -0.1) is 23.7 Å². The monoisotopic (exact) mass is 189 g/mol. The molecule has 2 rings (SSSR count). The van der Waals surface area contributed by atoms with Crippen molar-refractivity contribution in [1.82, 2.24) is 5.32 Å². The van der Waals surface area contributed by atoms with Gasteiger partial charge in [0.2, 0.25) is 0 Å². The third kappa shape index (κ3) is 1.58. The highest BCUT2D eigenvalue weighted by molar-refractivity contribution is 7.10. The summed E-state index contributed by atoms with van der Waals surface area (Å²) in [6.45, 7) is 0. The normalized spacial score (nSPS) is 21.0. The van der Waals surface area contributed by atoms with Gasteiger partial charge in [0.15, 0.2) is 0 Å². The maximum Gasteiger partial charge on any atom is 0.0153 e. The van der Waals surface area contributed by atoms with Crippen LogP contribution in [0, 0.1) is 0 Å². The summed E-state index contributed by atoms with van der Waals surface area (Å²) in [6, 6.07) is 2.96. The molecule has 1 nitrogen and oxygen atoms in total. The average Bonchev–Trinajstić information content (AvgIpc) is 2.42. The van der Waals surface area contributed by atoms with Crippen LogP contribution in [0.2, 0.25) is 0 Å². The molecule has 0 aliphatic heterocycles. The standard InChI is InChI=1S/C8H11NS.ClH/c1-9-7-4-6-2-3-10-8(6)5-7;/h2-3,7,9H,4-5H2,1H3;1H. The molecule has 0 aromatic carbocycles. The van der Waals surface area contributed by atoms with E-state index < -0.39 is 0 Å². The molecular weight excluding hydrogens is 178 g/mol. The van der Waals surface area contributed by atoms with E-state index >= 15 is 0 Å². The van der Waals surface area contributed by atoms with Crippen molar-refractivity contribution < 1.29 is 0 Å². The fraction of sp³-hybridized carbons (Fsp3) is 0.500. The van der Waals surface area contributed by atoms with E-state index in [0.29, 0.717) is 6.04 Å². The van der Waals surface area contributed by atoms with Gasteiger partial charge < -0.3 is 5.32 Å². The molecule has 1 heterocycles. The minimum atomic E-state index is 0. The van der Waals surface area contributed by atoms with E-state index in [-0.39, 0.29) is 12.4 Å². The van der Waals surface area contributed by atoms with Crippen LogP contribution in [0.1, 0.15) is 10.4 Å². The first-order valence-corrected chi connectivity index (χ1v) is 4.50. The fourth-order valence-electron chi connectivity index (χ4n) is 1.49. The van der Waals surface area contributed by atoms with Gasteiger partial charge in [0, 0.05) is 10.9 Å². The van der Waals surface area contributed by atoms with Crippen LogP contribution in [-0.2, 0) is 12.8 Å². The lowest BCUT2D eigenvalue weighted by Gasteiger charge is -2.04. The Bertz CT molecular complexity index is 213. The van der Waals surface area contributed by atoms with Crippen molar-refractivity contribution in [2.75, 3.05) is 7.05 Å². The number of nitrogens with one attached hydrogen (secondary N) is 1. The van der Waals surface area contributed by atoms with Gasteiger partial charge in [-0.1, -0.05) is 0 Å². The van der Waals surface area contributed by atoms with Gasteiger partial charge in [-0.05, 0) is 36.9 Å². The highest BCUT2D eigenvalue weighted by Gasteiger charge is 2.20. The Morgan fingerprint density at radius 1 is 1.55 bits per heavy atom. The van der Waals surface area contributed by atoms with Crippen molar-refractivity contribution >= 4 is 23.7 Å². The lowest BCUT2D eigenvalue weighted by Crippen LogP contribution is -2.24. The molecule has 0 amide bonds. The lowest BCUT2D eigenvalue weighted by atomic mass is 10.2. The number of thiophene rings is 1. The first-order chi connectivity index (χ1) is 4.90. The van der Waals surface area contributed by atoms with Gasteiger partial charge >= 0.3 is 0 Å². The molecule has 1 aliphatic rings. The molecule has 1 aromatic heterocycles. The van der Waals surface area contributed by atoms with Crippen molar-refractivity contribution in [3.63, 3.8) is 0 Å². The fourth-order valence-corrected chi connectivity index (χ4v) is 2.49. The number of hydrogen-bond donors (Lipinski definition) is 1. The molecule has 1 N–H and O–H groups in total. The van der Waals surface area contributed by atoms with Crippen molar-refractivity contribution in [2.24, 2.45) is 0 Å². The molecule has 1 unspecified atom stereocenters. The molecule has 62 valence electrons. The molecule has 1 aliphatic carbocycles. The molecule has 0 fully saturated rings. The molecule has 1 atom stereocenters. The van der Waals surface area contributed by atoms with Crippen LogP contribution >= 0.6 is 23.7 Å². The average molecular weight is 190 g/mol. The summed E-state index contributed by atoms with van der Waals surface area (Å²) < 4.78 is 0. The molecule has 0 radical (unpaired) electrons. The van der Waals surface area contributed by atoms with Crippen LogP contribution < -0.4 is 5.32 Å². The Labute approximate surface area is 77.2 Å². The van der Waals surface area contributed by atoms with Crippen molar-refractivity contribution in [1.29, 1.82) is 0 Å². The second-order valence-corrected chi connectivity index (χ2v) is 3.76. The summed E-state index contributed by atoms with van der Waals surface area (Å²) in [5.74, 6) is 0. The minimum absolute atomic E-state index is 0. The third-order valence-electron chi connectivity index (χ3n) is 2.14. The summed E-state index contributed by atoms with van der Waals surface area (Å²) in [5.41, 5.74) is 1.56. The van der Waals surface area contributed by atoms with E-state index in [9.17, 15) is 0 Å². The molecular formula is C8H12ClNS. The first-order valence-electron chi connectivity index (χ1n) is 3.62. The Kier molecular flexibility index (Phi) is 2.93. The maximum atomic E-state index is 3.30. The number of rotatable bonds is 1. The van der Waals surface area contributed by atoms with E-state index in [2.05, 4.69) is 16.8 Å². The molecule has 0 bridgehead atoms. The molecule has 3 heteroatoms. The second-order valence-electron chi connectivity index (χ2n) is 2.76. The van der Waals surface area contributed by atoms with Crippen LogP contribution in [0.15, 0.2) is 11.4 Å². The Morgan fingerprint density at radius 3 is 3.00 bits per heavy atom. The lowest BCUT2D eigenvalue weighted by molar-refractivity contribution is 0.595. The molecule has 1 aromatic rings. The second kappa shape index (κ2) is 3.57. The summed E-state index contributed by atoms with van der Waals surface area (Å²) in [5, 5.41) is 5.49. The number of halogens is 1. The SMILES string of the molecule is CNC1Cc2ccsc2C1.Cl. The van der Waals surface area contributed by atoms with Crippen LogP contribution in [0.25, 0.3) is 0 Å². The van der Waals surface area contributed by atoms with E-state index in [1.54, 1.807) is 10.4 Å². The van der Waals surface area contributed by atoms with Gasteiger partial charge in [0.1, 0.15) is 0 Å². The topological polar surface area (TPSA) is 12.0 Å². The largest absolute Gasteiger partial charge is 0.316 e. The van der Waals surface area contributed by atoms with Gasteiger partial charge in [-0.25, -0.2) is 0 Å². The zero-order valence-electron chi connectivity index (χ0n) is 6.46. The summed E-state index contributed by atoms with van der Waals surface area (Å²) in [7, 11) is 2.04. The highest BCUT2D eigenvalue weighted by atomic mass is 35.5. The van der Waals surface area contributed by atoms with Crippen LogP contribution in [0.5, 0.6) is 0 Å². The highest BCUT2D eigenvalue weighted by Crippen LogP contribution is 2.26. The quantitative estimate of drug-likeness (QED) is 0.711. The molecule has 0 saturated carbocycles. The van der Waals surface area contributed by atoms with Crippen LogP contribution in [0.4, 0.5) is 0 Å². The Hall–Kier alpha value is -0.0500. The zero-order chi connectivity index (χ0) is 6.97. The minimum Gasteiger partial charge on any atom is -0.316 e. The van der Waals surface area contributed by atoms with Crippen molar-refractivity contribution in [2.45, 2.75) is 18.9 Å². The van der Waals surface area contributed by atoms with Gasteiger partial charge in [0.25, 0.3) is 0 Å². The van der Waals surface area contributed by atoms with Crippen LogP contribution in [0.3, 0.4) is 0 Å². The van der Waals surface area contributed by atoms with E-state index in [1.807, 2.05) is 18.4 Å². The maximum absolute atomic E-state index is 3.30. The third-order valence-corrected chi connectivity index (χ3v) is 3.13. The summed E-state index contributed by atoms with van der Waals surface area (Å²) in [4.78, 5) is 1.58. The molecule has 0 saturated heterocycles. The van der Waals surface area contributed by atoms with Gasteiger partial charge in [-0.2, -0.15) is 0 Å². The summed E-state index contributed by atoms with van der Waals surface area (Å²) >= 11 is 1.89. The Balaban J connectivity index is 0.000000605. The zero-order valence-corrected chi connectivity index (χ0v) is 8.10. The predicted molar refractivity (Wildman–Crippen MR) is 51.8 cm³/mol. The van der Waals surface area contributed by atoms with E-state index in [1.165, 1.54) is 12.8 Å². The van der Waals surface area contributed by atoms with E-state index in [0.717, 1.165) is 0 Å². The number of fused-ring (bicyclic) bond motifs is 1. The Morgan fingerprint density at radius 2 is 2.36 bits per heavy atom. The molecule has 0 spiro atoms. The van der Waals surface area contributed by atoms with Crippen LogP contribution in [-0.4, -0.2) is 13.1 Å². The van der Waals surface area contributed by atoms with Crippen molar-refractivity contribution in [3.8, 4) is 0 Å². The predicted octanol–water partition coefficient (Wildman–Crippen LogP) is 1.86. The van der Waals surface area contributed by atoms with Gasteiger partial charge in [-0.3, -0.25) is 0 Å². The summed E-state index contributed by atoms with van der Waals surface area (Å²) in [6.07, 6.45) is 2.47. The first kappa shape index (κ1) is 9.04. The number of likely N-dealkylation sites (N-methyl/N-ethyl adjacent to an activating group) is 1. The molecule has 11 heavy (non-hydrogen) atoms. The smallest absolute Gasteiger partial charge is 0.0153 e. The van der Waals surface area contributed by atoms with Gasteiger partial charge in [0.05, 0.1) is 0 Å². The van der Waals surface area contributed by atoms with Crippen molar-refractivity contribution in [3.05, 3.63) is 21.9 Å². The van der Waals surface area contributed by atoms with E-state index in [4.69, 9.17) is 0 Å². The number of hydrogen-bond acceptors (Lipinski definition) is 2.